The van der Waals surface area contributed by atoms with Crippen LogP contribution in [0.5, 0.6) is 0 Å². The first-order chi connectivity index (χ1) is 9.70. The van der Waals surface area contributed by atoms with E-state index in [1.807, 2.05) is 0 Å². The van der Waals surface area contributed by atoms with Crippen molar-refractivity contribution in [3.8, 4) is 0 Å². The van der Waals surface area contributed by atoms with E-state index >= 15 is 0 Å². The van der Waals surface area contributed by atoms with Gasteiger partial charge in [-0.05, 0) is 45.8 Å². The lowest BCUT2D eigenvalue weighted by Gasteiger charge is -2.16. The minimum absolute atomic E-state index is 0.162. The molecule has 0 spiro atoms. The van der Waals surface area contributed by atoms with Gasteiger partial charge >= 0.3 is 0 Å². The lowest BCUT2D eigenvalue weighted by atomic mass is 10.2. The molecule has 2 aromatic rings. The van der Waals surface area contributed by atoms with Gasteiger partial charge in [0.1, 0.15) is 4.21 Å². The van der Waals surface area contributed by atoms with E-state index in [9.17, 15) is 8.42 Å². The molecular formula is C12H9BrCl3NO2S2. The number of sulfonamides is 1. The third-order valence-electron chi connectivity index (χ3n) is 2.61. The highest BCUT2D eigenvalue weighted by Crippen LogP contribution is 2.36. The Labute approximate surface area is 150 Å². The first-order valence-corrected chi connectivity index (χ1v) is 9.74. The van der Waals surface area contributed by atoms with E-state index in [2.05, 4.69) is 15.9 Å². The van der Waals surface area contributed by atoms with Crippen LogP contribution in [0.4, 0.5) is 0 Å². The van der Waals surface area contributed by atoms with Crippen LogP contribution in [-0.4, -0.2) is 19.8 Å². The van der Waals surface area contributed by atoms with Crippen molar-refractivity contribution in [2.75, 3.05) is 7.05 Å². The molecule has 0 saturated carbocycles. The summed E-state index contributed by atoms with van der Waals surface area (Å²) in [6.45, 7) is 0.162. The third kappa shape index (κ3) is 4.13. The van der Waals surface area contributed by atoms with Gasteiger partial charge in [0.2, 0.25) is 0 Å². The van der Waals surface area contributed by atoms with Gasteiger partial charge in [0.15, 0.2) is 0 Å². The summed E-state index contributed by atoms with van der Waals surface area (Å²) in [7, 11) is -2.12. The second-order valence-electron chi connectivity index (χ2n) is 4.23. The fourth-order valence-corrected chi connectivity index (χ4v) is 5.99. The van der Waals surface area contributed by atoms with Crippen LogP contribution in [0.2, 0.25) is 15.1 Å². The van der Waals surface area contributed by atoms with Crippen LogP contribution in [-0.2, 0) is 16.6 Å². The standard InChI is InChI=1S/C12H9BrCl3NO2S2/c1-17(6-7-2-8(14)4-9(15)3-7)21(18,19)11-5-10(16)12(13)20-11/h2-5H,6H2,1H3. The molecular weight excluding hydrogens is 441 g/mol. The summed E-state index contributed by atoms with van der Waals surface area (Å²) < 4.78 is 26.9. The Bertz CT molecular complexity index is 737. The molecule has 2 rings (SSSR count). The molecule has 0 aliphatic heterocycles. The van der Waals surface area contributed by atoms with Crippen molar-refractivity contribution in [2.45, 2.75) is 10.8 Å². The van der Waals surface area contributed by atoms with Crippen molar-refractivity contribution in [1.82, 2.24) is 4.31 Å². The fourth-order valence-electron chi connectivity index (χ4n) is 1.65. The van der Waals surface area contributed by atoms with E-state index in [0.29, 0.717) is 24.4 Å². The third-order valence-corrected chi connectivity index (χ3v) is 7.78. The highest BCUT2D eigenvalue weighted by atomic mass is 79.9. The highest BCUT2D eigenvalue weighted by molar-refractivity contribution is 9.11. The van der Waals surface area contributed by atoms with E-state index in [1.165, 1.54) is 17.4 Å². The molecule has 0 amide bonds. The van der Waals surface area contributed by atoms with Crippen LogP contribution in [0, 0.1) is 0 Å². The molecule has 1 aromatic heterocycles. The molecule has 1 heterocycles. The van der Waals surface area contributed by atoms with Gasteiger partial charge in [0.25, 0.3) is 10.0 Å². The molecule has 1 aromatic carbocycles. The van der Waals surface area contributed by atoms with E-state index in [1.54, 1.807) is 18.2 Å². The van der Waals surface area contributed by atoms with Crippen LogP contribution in [0.15, 0.2) is 32.3 Å². The maximum Gasteiger partial charge on any atom is 0.252 e. The minimum atomic E-state index is -3.61. The smallest absolute Gasteiger partial charge is 0.206 e. The maximum absolute atomic E-state index is 12.5. The van der Waals surface area contributed by atoms with E-state index in [0.717, 1.165) is 11.3 Å². The van der Waals surface area contributed by atoms with Crippen molar-refractivity contribution in [3.05, 3.63) is 48.7 Å². The van der Waals surface area contributed by atoms with Gasteiger partial charge in [-0.3, -0.25) is 0 Å². The molecule has 0 aliphatic carbocycles. The van der Waals surface area contributed by atoms with Crippen LogP contribution >= 0.6 is 62.1 Å². The van der Waals surface area contributed by atoms with Crippen LogP contribution in [0.3, 0.4) is 0 Å². The van der Waals surface area contributed by atoms with Crippen LogP contribution < -0.4 is 0 Å². The number of benzene rings is 1. The van der Waals surface area contributed by atoms with Crippen LogP contribution in [0.1, 0.15) is 5.56 Å². The van der Waals surface area contributed by atoms with Crippen molar-refractivity contribution >= 4 is 72.1 Å². The number of hydrogen-bond donors (Lipinski definition) is 0. The van der Waals surface area contributed by atoms with E-state index < -0.39 is 10.0 Å². The molecule has 0 aliphatic rings. The van der Waals surface area contributed by atoms with Gasteiger partial charge in [-0.25, -0.2) is 8.42 Å². The average Bonchev–Trinajstić information content (AvgIpc) is 2.68. The topological polar surface area (TPSA) is 37.4 Å². The maximum atomic E-state index is 12.5. The van der Waals surface area contributed by atoms with Crippen molar-refractivity contribution in [2.24, 2.45) is 0 Å². The summed E-state index contributed by atoms with van der Waals surface area (Å²) >= 11 is 22.0. The molecule has 0 saturated heterocycles. The summed E-state index contributed by atoms with van der Waals surface area (Å²) in [5, 5.41) is 1.30. The zero-order valence-electron chi connectivity index (χ0n) is 10.6. The largest absolute Gasteiger partial charge is 0.252 e. The molecule has 0 N–H and O–H groups in total. The lowest BCUT2D eigenvalue weighted by molar-refractivity contribution is 0.468. The first-order valence-electron chi connectivity index (χ1n) is 5.56. The second kappa shape index (κ2) is 6.74. The predicted octanol–water partition coefficient (Wildman–Crippen LogP) is 5.29. The van der Waals surface area contributed by atoms with E-state index in [-0.39, 0.29) is 10.8 Å². The monoisotopic (exact) mass is 447 g/mol. The van der Waals surface area contributed by atoms with Crippen molar-refractivity contribution < 1.29 is 8.42 Å². The molecule has 3 nitrogen and oxygen atoms in total. The zero-order valence-corrected chi connectivity index (χ0v) is 16.1. The SMILES string of the molecule is CN(Cc1cc(Cl)cc(Cl)c1)S(=O)(=O)c1cc(Cl)c(Br)s1. The van der Waals surface area contributed by atoms with Crippen molar-refractivity contribution in [1.29, 1.82) is 0 Å². The Kier molecular flexibility index (Phi) is 5.63. The molecule has 0 atom stereocenters. The summed E-state index contributed by atoms with van der Waals surface area (Å²) in [5.74, 6) is 0. The van der Waals surface area contributed by atoms with Gasteiger partial charge in [-0.15, -0.1) is 11.3 Å². The Hall–Kier alpha value is 0.180. The summed E-state index contributed by atoms with van der Waals surface area (Å²) in [5.41, 5.74) is 0.709. The zero-order chi connectivity index (χ0) is 15.8. The minimum Gasteiger partial charge on any atom is -0.206 e. The fraction of sp³-hybridized carbons (Fsp3) is 0.167. The summed E-state index contributed by atoms with van der Waals surface area (Å²) in [4.78, 5) is 0. The van der Waals surface area contributed by atoms with Gasteiger partial charge in [0.05, 0.1) is 8.81 Å². The van der Waals surface area contributed by atoms with Gasteiger partial charge in [-0.1, -0.05) is 34.8 Å². The van der Waals surface area contributed by atoms with Gasteiger partial charge < -0.3 is 0 Å². The summed E-state index contributed by atoms with van der Waals surface area (Å²) in [6, 6.07) is 6.37. The highest BCUT2D eigenvalue weighted by Gasteiger charge is 2.24. The Morgan fingerprint density at radius 2 is 1.71 bits per heavy atom. The molecule has 0 radical (unpaired) electrons. The molecule has 114 valence electrons. The first kappa shape index (κ1) is 17.5. The Balaban J connectivity index is 2.28. The molecule has 0 bridgehead atoms. The second-order valence-corrected chi connectivity index (χ2v) is 10.1. The van der Waals surface area contributed by atoms with Crippen LogP contribution in [0.25, 0.3) is 0 Å². The normalized spacial score (nSPS) is 12.1. The number of nitrogens with zero attached hydrogens (tertiary/aromatic N) is 1. The molecule has 21 heavy (non-hydrogen) atoms. The Morgan fingerprint density at radius 1 is 1.14 bits per heavy atom. The van der Waals surface area contributed by atoms with Gasteiger partial charge in [0, 0.05) is 23.6 Å². The Morgan fingerprint density at radius 3 is 2.19 bits per heavy atom. The van der Waals surface area contributed by atoms with Gasteiger partial charge in [-0.2, -0.15) is 4.31 Å². The number of hydrogen-bond acceptors (Lipinski definition) is 3. The lowest BCUT2D eigenvalue weighted by Crippen LogP contribution is -2.25. The number of thiophene rings is 1. The number of halogens is 4. The summed E-state index contributed by atoms with van der Waals surface area (Å²) in [6.07, 6.45) is 0. The van der Waals surface area contributed by atoms with Crippen molar-refractivity contribution in [3.63, 3.8) is 0 Å². The molecule has 9 heteroatoms. The van der Waals surface area contributed by atoms with E-state index in [4.69, 9.17) is 34.8 Å². The number of rotatable bonds is 4. The average molecular weight is 450 g/mol. The predicted molar refractivity (Wildman–Crippen MR) is 92.1 cm³/mol. The molecule has 0 unspecified atom stereocenters. The quantitative estimate of drug-likeness (QED) is 0.636. The molecule has 0 fully saturated rings.